The molecular weight excluding hydrogens is 260 g/mol. The summed E-state index contributed by atoms with van der Waals surface area (Å²) in [6, 6.07) is 23.1. The molecule has 3 aromatic rings. The van der Waals surface area contributed by atoms with E-state index in [0.29, 0.717) is 0 Å². The summed E-state index contributed by atoms with van der Waals surface area (Å²) in [7, 11) is 0. The second kappa shape index (κ2) is 6.48. The lowest BCUT2D eigenvalue weighted by atomic mass is 10.3. The number of pyridine rings is 1. The average Bonchev–Trinajstić information content (AvgIpc) is 2.56. The van der Waals surface area contributed by atoms with E-state index in [4.69, 9.17) is 4.74 Å². The van der Waals surface area contributed by atoms with Gasteiger partial charge in [-0.1, -0.05) is 24.3 Å². The molecule has 0 saturated heterocycles. The van der Waals surface area contributed by atoms with Crippen LogP contribution < -0.4 is 4.74 Å². The van der Waals surface area contributed by atoms with Crippen molar-refractivity contribution in [3.63, 3.8) is 0 Å². The Morgan fingerprint density at radius 2 is 1.48 bits per heavy atom. The van der Waals surface area contributed by atoms with E-state index in [9.17, 15) is 0 Å². The molecule has 0 N–H and O–H groups in total. The van der Waals surface area contributed by atoms with Crippen LogP contribution in [0.4, 0.5) is 5.69 Å². The van der Waals surface area contributed by atoms with Crippen molar-refractivity contribution in [3.8, 4) is 11.5 Å². The van der Waals surface area contributed by atoms with Gasteiger partial charge in [0.1, 0.15) is 11.5 Å². The molecule has 0 unspecified atom stereocenters. The molecule has 3 nitrogen and oxygen atoms in total. The highest BCUT2D eigenvalue weighted by Crippen LogP contribution is 2.23. The Hall–Kier alpha value is -2.94. The molecule has 0 aliphatic rings. The topological polar surface area (TPSA) is 34.5 Å². The lowest BCUT2D eigenvalue weighted by Gasteiger charge is -2.05. The minimum Gasteiger partial charge on any atom is -0.457 e. The van der Waals surface area contributed by atoms with E-state index >= 15 is 0 Å². The number of ether oxygens (including phenoxy) is 1. The summed E-state index contributed by atoms with van der Waals surface area (Å²) in [4.78, 5) is 8.57. The first-order valence-corrected chi connectivity index (χ1v) is 6.68. The second-order valence-electron chi connectivity index (χ2n) is 4.42. The summed E-state index contributed by atoms with van der Waals surface area (Å²) in [6.07, 6.45) is 3.49. The SMILES string of the molecule is C(=Nc1ccc(Oc2ccccc2)cc1)c1ccccn1. The van der Waals surface area contributed by atoms with E-state index in [1.165, 1.54) is 0 Å². The lowest BCUT2D eigenvalue weighted by molar-refractivity contribution is 0.483. The predicted octanol–water partition coefficient (Wildman–Crippen LogP) is 4.62. The maximum Gasteiger partial charge on any atom is 0.127 e. The van der Waals surface area contributed by atoms with Crippen LogP contribution in [0, 0.1) is 0 Å². The minimum atomic E-state index is 0.790. The normalized spacial score (nSPS) is 10.7. The van der Waals surface area contributed by atoms with E-state index in [-0.39, 0.29) is 0 Å². The van der Waals surface area contributed by atoms with Gasteiger partial charge in [-0.05, 0) is 48.5 Å². The van der Waals surface area contributed by atoms with Gasteiger partial charge in [0.25, 0.3) is 0 Å². The van der Waals surface area contributed by atoms with Crippen LogP contribution in [-0.2, 0) is 0 Å². The first-order chi connectivity index (χ1) is 10.4. The second-order valence-corrected chi connectivity index (χ2v) is 4.42. The van der Waals surface area contributed by atoms with Gasteiger partial charge < -0.3 is 4.74 Å². The molecule has 0 atom stereocenters. The van der Waals surface area contributed by atoms with Gasteiger partial charge in [-0.2, -0.15) is 0 Å². The van der Waals surface area contributed by atoms with Crippen molar-refractivity contribution in [2.24, 2.45) is 4.99 Å². The van der Waals surface area contributed by atoms with Crippen LogP contribution in [-0.4, -0.2) is 11.2 Å². The molecule has 0 aliphatic carbocycles. The molecule has 102 valence electrons. The number of aliphatic imine (C=N–C) groups is 1. The molecule has 0 amide bonds. The van der Waals surface area contributed by atoms with Crippen LogP contribution in [0.2, 0.25) is 0 Å². The van der Waals surface area contributed by atoms with Gasteiger partial charge in [0.15, 0.2) is 0 Å². The molecule has 1 heterocycles. The van der Waals surface area contributed by atoms with Crippen molar-refractivity contribution in [3.05, 3.63) is 84.7 Å². The van der Waals surface area contributed by atoms with Gasteiger partial charge in [0.2, 0.25) is 0 Å². The number of rotatable bonds is 4. The molecule has 3 rings (SSSR count). The van der Waals surface area contributed by atoms with E-state index in [1.807, 2.05) is 72.8 Å². The molecule has 0 saturated carbocycles. The van der Waals surface area contributed by atoms with E-state index < -0.39 is 0 Å². The van der Waals surface area contributed by atoms with Gasteiger partial charge in [-0.3, -0.25) is 9.98 Å². The summed E-state index contributed by atoms with van der Waals surface area (Å²) < 4.78 is 5.73. The summed E-state index contributed by atoms with van der Waals surface area (Å²) in [5, 5.41) is 0. The number of hydrogen-bond donors (Lipinski definition) is 0. The fourth-order valence-electron chi connectivity index (χ4n) is 1.82. The van der Waals surface area contributed by atoms with Gasteiger partial charge in [-0.25, -0.2) is 0 Å². The maximum atomic E-state index is 5.73. The van der Waals surface area contributed by atoms with Crippen molar-refractivity contribution < 1.29 is 4.74 Å². The Labute approximate surface area is 123 Å². The minimum absolute atomic E-state index is 0.790. The molecule has 0 radical (unpaired) electrons. The Morgan fingerprint density at radius 3 is 2.19 bits per heavy atom. The quantitative estimate of drug-likeness (QED) is 0.650. The monoisotopic (exact) mass is 274 g/mol. The summed E-state index contributed by atoms with van der Waals surface area (Å²) in [5.41, 5.74) is 1.70. The van der Waals surface area contributed by atoms with Gasteiger partial charge >= 0.3 is 0 Å². The Morgan fingerprint density at radius 1 is 0.762 bits per heavy atom. The van der Waals surface area contributed by atoms with Gasteiger partial charge in [0, 0.05) is 6.20 Å². The summed E-state index contributed by atoms with van der Waals surface area (Å²) in [5.74, 6) is 1.61. The molecule has 0 bridgehead atoms. The number of benzene rings is 2. The number of para-hydroxylation sites is 1. The fourth-order valence-corrected chi connectivity index (χ4v) is 1.82. The van der Waals surface area contributed by atoms with Crippen LogP contribution in [0.25, 0.3) is 0 Å². The number of nitrogens with zero attached hydrogens (tertiary/aromatic N) is 2. The standard InChI is InChI=1S/C18H14N2O/c1-2-7-17(8-3-1)21-18-11-9-15(10-12-18)20-14-16-6-4-5-13-19-16/h1-14H. The van der Waals surface area contributed by atoms with Crippen LogP contribution in [0.5, 0.6) is 11.5 Å². The van der Waals surface area contributed by atoms with Crippen LogP contribution in [0.1, 0.15) is 5.69 Å². The zero-order valence-corrected chi connectivity index (χ0v) is 11.4. The summed E-state index contributed by atoms with van der Waals surface area (Å²) in [6.45, 7) is 0. The Balaban J connectivity index is 1.68. The predicted molar refractivity (Wildman–Crippen MR) is 84.4 cm³/mol. The van der Waals surface area contributed by atoms with Gasteiger partial charge in [0.05, 0.1) is 17.6 Å². The molecular formula is C18H14N2O. The highest BCUT2D eigenvalue weighted by atomic mass is 16.5. The molecule has 0 fully saturated rings. The smallest absolute Gasteiger partial charge is 0.127 e. The van der Waals surface area contributed by atoms with Crippen molar-refractivity contribution in [2.75, 3.05) is 0 Å². The summed E-state index contributed by atoms with van der Waals surface area (Å²) >= 11 is 0. The van der Waals surface area contributed by atoms with Crippen molar-refractivity contribution in [1.29, 1.82) is 0 Å². The van der Waals surface area contributed by atoms with Crippen LogP contribution in [0.3, 0.4) is 0 Å². The van der Waals surface area contributed by atoms with Crippen molar-refractivity contribution >= 4 is 11.9 Å². The van der Waals surface area contributed by atoms with Gasteiger partial charge in [-0.15, -0.1) is 0 Å². The third kappa shape index (κ3) is 3.76. The van der Waals surface area contributed by atoms with E-state index in [1.54, 1.807) is 12.4 Å². The zero-order valence-electron chi connectivity index (χ0n) is 11.4. The molecule has 0 aliphatic heterocycles. The molecule has 1 aromatic heterocycles. The third-order valence-corrected chi connectivity index (χ3v) is 2.85. The van der Waals surface area contributed by atoms with Crippen LogP contribution >= 0.6 is 0 Å². The highest BCUT2D eigenvalue weighted by Gasteiger charge is 1.96. The Bertz CT molecular complexity index is 707. The molecule has 21 heavy (non-hydrogen) atoms. The van der Waals surface area contributed by atoms with Crippen molar-refractivity contribution in [2.45, 2.75) is 0 Å². The number of aromatic nitrogens is 1. The van der Waals surface area contributed by atoms with E-state index in [0.717, 1.165) is 22.9 Å². The average molecular weight is 274 g/mol. The Kier molecular flexibility index (Phi) is 4.03. The molecule has 3 heteroatoms. The molecule has 0 spiro atoms. The van der Waals surface area contributed by atoms with E-state index in [2.05, 4.69) is 9.98 Å². The first-order valence-electron chi connectivity index (χ1n) is 6.68. The largest absolute Gasteiger partial charge is 0.457 e. The number of hydrogen-bond acceptors (Lipinski definition) is 3. The zero-order chi connectivity index (χ0) is 14.3. The fraction of sp³-hybridized carbons (Fsp3) is 0. The van der Waals surface area contributed by atoms with Crippen molar-refractivity contribution in [1.82, 2.24) is 4.98 Å². The third-order valence-electron chi connectivity index (χ3n) is 2.85. The highest BCUT2D eigenvalue weighted by molar-refractivity contribution is 5.79. The van der Waals surface area contributed by atoms with Crippen LogP contribution in [0.15, 0.2) is 84.0 Å². The first kappa shape index (κ1) is 13.1. The lowest BCUT2D eigenvalue weighted by Crippen LogP contribution is -1.84. The maximum absolute atomic E-state index is 5.73. The molecule has 2 aromatic carbocycles.